The highest BCUT2D eigenvalue weighted by atomic mass is 35.5. The van der Waals surface area contributed by atoms with E-state index in [0.717, 1.165) is 0 Å². The topological polar surface area (TPSA) is 127 Å². The van der Waals surface area contributed by atoms with E-state index in [9.17, 15) is 9.18 Å². The summed E-state index contributed by atoms with van der Waals surface area (Å²) in [5, 5.41) is 14.4. The molecule has 0 atom stereocenters. The number of esters is 1. The molecular weight excluding hydrogens is 441 g/mol. The molecule has 4 rings (SSSR count). The van der Waals surface area contributed by atoms with E-state index in [4.69, 9.17) is 16.3 Å². The molecule has 4 aromatic rings. The number of hydrazone groups is 1. The van der Waals surface area contributed by atoms with Crippen molar-refractivity contribution in [3.05, 3.63) is 64.4 Å². The summed E-state index contributed by atoms with van der Waals surface area (Å²) in [5.74, 6) is -0.618. The molecule has 10 nitrogen and oxygen atoms in total. The number of fused-ring (bicyclic) bond motifs is 1. The molecule has 2 aromatic heterocycles. The van der Waals surface area contributed by atoms with Crippen molar-refractivity contribution < 1.29 is 18.6 Å². The monoisotopic (exact) mass is 455 g/mol. The van der Waals surface area contributed by atoms with Crippen LogP contribution < -0.4 is 10.7 Å². The van der Waals surface area contributed by atoms with Gasteiger partial charge in [-0.2, -0.15) is 10.1 Å². The number of nitrogens with zero attached hydrogens (tertiary/aromatic N) is 5. The molecule has 0 radical (unpaired) electrons. The Labute approximate surface area is 185 Å². The van der Waals surface area contributed by atoms with Crippen LogP contribution in [0.3, 0.4) is 0 Å². The number of halogens is 2. The zero-order chi connectivity index (χ0) is 22.5. The zero-order valence-corrected chi connectivity index (χ0v) is 17.3. The fourth-order valence-electron chi connectivity index (χ4n) is 2.68. The molecule has 0 amide bonds. The van der Waals surface area contributed by atoms with Gasteiger partial charge in [-0.1, -0.05) is 29.8 Å². The van der Waals surface area contributed by atoms with Gasteiger partial charge in [0, 0.05) is 11.3 Å². The van der Waals surface area contributed by atoms with Gasteiger partial charge in [-0.25, -0.2) is 18.8 Å². The van der Waals surface area contributed by atoms with Gasteiger partial charge in [0.2, 0.25) is 11.3 Å². The SMILES string of the molecule is CCOC(=O)c1ccccc1/C=N/Nc1nc2nonc2nc1Nc1ccc(F)c(Cl)c1. The van der Waals surface area contributed by atoms with Gasteiger partial charge in [0.05, 0.1) is 23.4 Å². The summed E-state index contributed by atoms with van der Waals surface area (Å²) in [6.07, 6.45) is 1.44. The normalized spacial score (nSPS) is 11.1. The number of aromatic nitrogens is 4. The number of nitrogens with one attached hydrogen (secondary N) is 2. The molecule has 0 bridgehead atoms. The third-order valence-electron chi connectivity index (χ3n) is 4.13. The fourth-order valence-corrected chi connectivity index (χ4v) is 2.86. The maximum absolute atomic E-state index is 13.5. The Hall–Kier alpha value is -4.12. The molecule has 162 valence electrons. The summed E-state index contributed by atoms with van der Waals surface area (Å²) in [6, 6.07) is 10.9. The van der Waals surface area contributed by atoms with E-state index in [1.54, 1.807) is 31.2 Å². The number of ether oxygens (including phenoxy) is 1. The van der Waals surface area contributed by atoms with Crippen molar-refractivity contribution in [2.24, 2.45) is 5.10 Å². The van der Waals surface area contributed by atoms with Crippen molar-refractivity contribution in [1.29, 1.82) is 0 Å². The maximum atomic E-state index is 13.5. The molecule has 12 heteroatoms. The van der Waals surface area contributed by atoms with Crippen LogP contribution in [0.15, 0.2) is 52.2 Å². The molecule has 0 saturated carbocycles. The molecule has 0 unspecified atom stereocenters. The summed E-state index contributed by atoms with van der Waals surface area (Å²) < 4.78 is 23.2. The van der Waals surface area contributed by atoms with E-state index in [0.29, 0.717) is 16.8 Å². The predicted molar refractivity (Wildman–Crippen MR) is 116 cm³/mol. The number of anilines is 3. The summed E-state index contributed by atoms with van der Waals surface area (Å²) in [4.78, 5) is 20.7. The van der Waals surface area contributed by atoms with Crippen molar-refractivity contribution in [2.45, 2.75) is 6.92 Å². The lowest BCUT2D eigenvalue weighted by molar-refractivity contribution is 0.0526. The highest BCUT2D eigenvalue weighted by Gasteiger charge is 2.14. The number of carbonyl (C=O) groups excluding carboxylic acids is 1. The number of hydrogen-bond acceptors (Lipinski definition) is 10. The first-order valence-electron chi connectivity index (χ1n) is 9.32. The molecule has 2 aromatic carbocycles. The Morgan fingerprint density at radius 2 is 1.94 bits per heavy atom. The number of benzene rings is 2. The molecule has 2 N–H and O–H groups in total. The Morgan fingerprint density at radius 1 is 1.19 bits per heavy atom. The predicted octanol–water partition coefficient (Wildman–Crippen LogP) is 4.17. The van der Waals surface area contributed by atoms with E-state index in [1.807, 2.05) is 0 Å². The van der Waals surface area contributed by atoms with Crippen LogP contribution in [0.5, 0.6) is 0 Å². The van der Waals surface area contributed by atoms with Crippen molar-refractivity contribution in [2.75, 3.05) is 17.3 Å². The lowest BCUT2D eigenvalue weighted by Gasteiger charge is -2.10. The molecule has 0 aliphatic heterocycles. The van der Waals surface area contributed by atoms with Gasteiger partial charge in [0.15, 0.2) is 11.6 Å². The van der Waals surface area contributed by atoms with Crippen molar-refractivity contribution >= 4 is 52.4 Å². The quantitative estimate of drug-likeness (QED) is 0.239. The maximum Gasteiger partial charge on any atom is 0.338 e. The van der Waals surface area contributed by atoms with Crippen molar-refractivity contribution in [3.8, 4) is 0 Å². The zero-order valence-electron chi connectivity index (χ0n) is 16.5. The third kappa shape index (κ3) is 4.62. The van der Waals surface area contributed by atoms with Crippen LogP contribution in [0.2, 0.25) is 5.02 Å². The third-order valence-corrected chi connectivity index (χ3v) is 4.42. The second kappa shape index (κ2) is 9.35. The van der Waals surface area contributed by atoms with Gasteiger partial charge in [0.1, 0.15) is 5.82 Å². The fraction of sp³-hybridized carbons (Fsp3) is 0.100. The van der Waals surface area contributed by atoms with Crippen LogP contribution >= 0.6 is 11.6 Å². The standard InChI is InChI=1S/C20H15ClFN7O3/c1-2-31-20(30)13-6-4-3-5-11(13)10-23-27-17-16(25-18-19(26-17)29-32-28-18)24-12-7-8-15(22)14(21)9-12/h3-10H,2H2,1H3,(H,24,25,28)(H,26,27,29)/b23-10+. The minimum atomic E-state index is -0.553. The van der Waals surface area contributed by atoms with Gasteiger partial charge >= 0.3 is 5.97 Å². The van der Waals surface area contributed by atoms with Gasteiger partial charge in [-0.05, 0) is 41.5 Å². The molecule has 0 saturated heterocycles. The first kappa shape index (κ1) is 21.1. The van der Waals surface area contributed by atoms with Crippen LogP contribution in [0.4, 0.5) is 21.7 Å². The Kier molecular flexibility index (Phi) is 6.17. The number of rotatable bonds is 7. The van der Waals surface area contributed by atoms with E-state index in [-0.39, 0.29) is 34.6 Å². The lowest BCUT2D eigenvalue weighted by atomic mass is 10.1. The van der Waals surface area contributed by atoms with Crippen molar-refractivity contribution in [3.63, 3.8) is 0 Å². The average Bonchev–Trinajstić information content (AvgIpc) is 3.24. The van der Waals surface area contributed by atoms with Crippen LogP contribution in [0.25, 0.3) is 11.3 Å². The summed E-state index contributed by atoms with van der Waals surface area (Å²) in [7, 11) is 0. The van der Waals surface area contributed by atoms with E-state index in [1.165, 1.54) is 24.4 Å². The molecule has 32 heavy (non-hydrogen) atoms. The second-order valence-corrected chi connectivity index (χ2v) is 6.67. The summed E-state index contributed by atoms with van der Waals surface area (Å²) in [5.41, 5.74) is 4.42. The van der Waals surface area contributed by atoms with Gasteiger partial charge in [-0.3, -0.25) is 5.43 Å². The van der Waals surface area contributed by atoms with E-state index >= 15 is 0 Å². The summed E-state index contributed by atoms with van der Waals surface area (Å²) in [6.45, 7) is 1.99. The Balaban J connectivity index is 1.62. The number of carbonyl (C=O) groups is 1. The molecule has 0 spiro atoms. The van der Waals surface area contributed by atoms with Crippen molar-refractivity contribution in [1.82, 2.24) is 20.3 Å². The van der Waals surface area contributed by atoms with Gasteiger partial charge in [0.25, 0.3) is 0 Å². The molecule has 0 aliphatic carbocycles. The molecule has 2 heterocycles. The largest absolute Gasteiger partial charge is 0.462 e. The van der Waals surface area contributed by atoms with E-state index < -0.39 is 11.8 Å². The smallest absolute Gasteiger partial charge is 0.338 e. The highest BCUT2D eigenvalue weighted by molar-refractivity contribution is 6.31. The number of hydrogen-bond donors (Lipinski definition) is 2. The average molecular weight is 456 g/mol. The van der Waals surface area contributed by atoms with Crippen LogP contribution in [0, 0.1) is 5.82 Å². The summed E-state index contributed by atoms with van der Waals surface area (Å²) >= 11 is 5.85. The first-order valence-corrected chi connectivity index (χ1v) is 9.70. The van der Waals surface area contributed by atoms with Crippen LogP contribution in [-0.2, 0) is 4.74 Å². The molecule has 0 fully saturated rings. The minimum absolute atomic E-state index is 0.0600. The Morgan fingerprint density at radius 3 is 2.69 bits per heavy atom. The minimum Gasteiger partial charge on any atom is -0.462 e. The Bertz CT molecular complexity index is 1310. The first-order chi connectivity index (χ1) is 15.5. The van der Waals surface area contributed by atoms with Gasteiger partial charge < -0.3 is 10.1 Å². The molecule has 0 aliphatic rings. The van der Waals surface area contributed by atoms with Gasteiger partial charge in [-0.15, -0.1) is 0 Å². The molecular formula is C20H15ClFN7O3. The lowest BCUT2D eigenvalue weighted by Crippen LogP contribution is -2.08. The second-order valence-electron chi connectivity index (χ2n) is 6.26. The van der Waals surface area contributed by atoms with Crippen LogP contribution in [0.1, 0.15) is 22.8 Å². The van der Waals surface area contributed by atoms with Crippen LogP contribution in [-0.4, -0.2) is 39.1 Å². The van der Waals surface area contributed by atoms with E-state index in [2.05, 4.69) is 40.8 Å². The highest BCUT2D eigenvalue weighted by Crippen LogP contribution is 2.26.